The van der Waals surface area contributed by atoms with Crippen molar-refractivity contribution in [2.75, 3.05) is 6.61 Å². The van der Waals surface area contributed by atoms with E-state index < -0.39 is 5.97 Å². The van der Waals surface area contributed by atoms with Crippen LogP contribution in [0.15, 0.2) is 54.9 Å². The van der Waals surface area contributed by atoms with Crippen LogP contribution in [-0.4, -0.2) is 32.9 Å². The van der Waals surface area contributed by atoms with Gasteiger partial charge in [-0.05, 0) is 48.1 Å². The molecule has 2 N–H and O–H groups in total. The number of carbonyl (C=O) groups is 1. The van der Waals surface area contributed by atoms with Crippen molar-refractivity contribution in [2.24, 2.45) is 5.92 Å². The molecular formula is C21H21N3O3. The summed E-state index contributed by atoms with van der Waals surface area (Å²) in [5.74, 6) is 0.281. The SMILES string of the molecule is O=C(O)C1CC(c2ccc(CCOc3ccc(-c4ccn[nH]4)nc3)cc2)C1. The predicted octanol–water partition coefficient (Wildman–Crippen LogP) is 3.67. The topological polar surface area (TPSA) is 88.1 Å². The number of nitrogens with zero attached hydrogens (tertiary/aromatic N) is 2. The second-order valence-electron chi connectivity index (χ2n) is 6.89. The van der Waals surface area contributed by atoms with Crippen molar-refractivity contribution in [3.05, 3.63) is 66.0 Å². The van der Waals surface area contributed by atoms with Crippen molar-refractivity contribution < 1.29 is 14.6 Å². The number of aromatic nitrogens is 3. The molecule has 2 aromatic heterocycles. The van der Waals surface area contributed by atoms with Gasteiger partial charge in [0.1, 0.15) is 5.75 Å². The van der Waals surface area contributed by atoms with Crippen LogP contribution in [-0.2, 0) is 11.2 Å². The third-order valence-electron chi connectivity index (χ3n) is 5.11. The van der Waals surface area contributed by atoms with E-state index in [1.54, 1.807) is 12.4 Å². The maximum atomic E-state index is 10.9. The Labute approximate surface area is 157 Å². The fourth-order valence-corrected chi connectivity index (χ4v) is 3.36. The molecule has 6 heteroatoms. The molecule has 0 spiro atoms. The number of benzene rings is 1. The van der Waals surface area contributed by atoms with E-state index in [2.05, 4.69) is 39.4 Å². The summed E-state index contributed by atoms with van der Waals surface area (Å²) in [4.78, 5) is 15.3. The van der Waals surface area contributed by atoms with Gasteiger partial charge in [0.2, 0.25) is 0 Å². The first-order chi connectivity index (χ1) is 13.2. The van der Waals surface area contributed by atoms with Gasteiger partial charge < -0.3 is 9.84 Å². The summed E-state index contributed by atoms with van der Waals surface area (Å²) in [6.07, 6.45) is 5.72. The number of carboxylic acid groups (broad SMARTS) is 1. The number of nitrogens with one attached hydrogen (secondary N) is 1. The zero-order valence-corrected chi connectivity index (χ0v) is 14.8. The lowest BCUT2D eigenvalue weighted by molar-refractivity contribution is -0.145. The second-order valence-corrected chi connectivity index (χ2v) is 6.89. The number of aromatic amines is 1. The molecule has 1 fully saturated rings. The summed E-state index contributed by atoms with van der Waals surface area (Å²) in [5, 5.41) is 15.8. The van der Waals surface area contributed by atoms with Gasteiger partial charge in [-0.3, -0.25) is 14.9 Å². The molecule has 27 heavy (non-hydrogen) atoms. The normalized spacial score (nSPS) is 18.7. The number of hydrogen-bond donors (Lipinski definition) is 2. The molecule has 0 radical (unpaired) electrons. The van der Waals surface area contributed by atoms with Gasteiger partial charge in [-0.2, -0.15) is 5.10 Å². The summed E-state index contributed by atoms with van der Waals surface area (Å²) in [7, 11) is 0. The van der Waals surface area contributed by atoms with Crippen molar-refractivity contribution in [1.82, 2.24) is 15.2 Å². The summed E-state index contributed by atoms with van der Waals surface area (Å²) >= 11 is 0. The van der Waals surface area contributed by atoms with Crippen LogP contribution in [0.2, 0.25) is 0 Å². The Kier molecular flexibility index (Phi) is 4.87. The highest BCUT2D eigenvalue weighted by Crippen LogP contribution is 2.41. The molecule has 3 aromatic rings. The summed E-state index contributed by atoms with van der Waals surface area (Å²) in [6, 6.07) is 14.1. The molecule has 4 rings (SSSR count). The molecule has 0 bridgehead atoms. The standard InChI is InChI=1S/C21H21N3O3/c25-21(26)17-11-16(12-17)15-3-1-14(2-4-15)8-10-27-18-5-6-19(22-13-18)20-7-9-23-24-20/h1-7,9,13,16-17H,8,10-12H2,(H,23,24)(H,25,26). The van der Waals surface area contributed by atoms with E-state index in [9.17, 15) is 4.79 Å². The molecule has 138 valence electrons. The molecule has 0 atom stereocenters. The van der Waals surface area contributed by atoms with Gasteiger partial charge in [0.25, 0.3) is 0 Å². The maximum Gasteiger partial charge on any atom is 0.306 e. The molecular weight excluding hydrogens is 342 g/mol. The Morgan fingerprint density at radius 2 is 1.96 bits per heavy atom. The van der Waals surface area contributed by atoms with Crippen LogP contribution in [0, 0.1) is 5.92 Å². The van der Waals surface area contributed by atoms with Crippen LogP contribution >= 0.6 is 0 Å². The van der Waals surface area contributed by atoms with E-state index in [1.165, 1.54) is 11.1 Å². The van der Waals surface area contributed by atoms with Gasteiger partial charge >= 0.3 is 5.97 Å². The molecule has 2 heterocycles. The quantitative estimate of drug-likeness (QED) is 0.669. The lowest BCUT2D eigenvalue weighted by atomic mass is 9.71. The molecule has 1 aliphatic rings. The lowest BCUT2D eigenvalue weighted by Gasteiger charge is -2.32. The molecule has 0 saturated heterocycles. The fourth-order valence-electron chi connectivity index (χ4n) is 3.36. The fraction of sp³-hybridized carbons (Fsp3) is 0.286. The van der Waals surface area contributed by atoms with Crippen molar-refractivity contribution >= 4 is 5.97 Å². The molecule has 1 aliphatic carbocycles. The average molecular weight is 363 g/mol. The first-order valence-electron chi connectivity index (χ1n) is 9.09. The Morgan fingerprint density at radius 3 is 2.59 bits per heavy atom. The second kappa shape index (κ2) is 7.61. The van der Waals surface area contributed by atoms with E-state index >= 15 is 0 Å². The van der Waals surface area contributed by atoms with Gasteiger partial charge in [-0.25, -0.2) is 0 Å². The molecule has 6 nitrogen and oxygen atoms in total. The molecule has 0 aliphatic heterocycles. The average Bonchev–Trinajstić information content (AvgIpc) is 3.17. The number of rotatable bonds is 7. The third kappa shape index (κ3) is 4.00. The Balaban J connectivity index is 1.25. The molecule has 0 unspecified atom stereocenters. The van der Waals surface area contributed by atoms with Crippen molar-refractivity contribution in [3.8, 4) is 17.1 Å². The van der Waals surface area contributed by atoms with E-state index in [0.717, 1.165) is 36.4 Å². The summed E-state index contributed by atoms with van der Waals surface area (Å²) in [6.45, 7) is 0.578. The van der Waals surface area contributed by atoms with Gasteiger partial charge in [0.15, 0.2) is 0 Å². The van der Waals surface area contributed by atoms with Crippen molar-refractivity contribution in [1.29, 1.82) is 0 Å². The van der Waals surface area contributed by atoms with E-state index in [0.29, 0.717) is 12.5 Å². The molecule has 1 saturated carbocycles. The van der Waals surface area contributed by atoms with Crippen LogP contribution in [0.1, 0.15) is 29.9 Å². The highest BCUT2D eigenvalue weighted by atomic mass is 16.5. The first-order valence-corrected chi connectivity index (χ1v) is 9.09. The molecule has 1 aromatic carbocycles. The minimum atomic E-state index is -0.674. The summed E-state index contributed by atoms with van der Waals surface area (Å²) < 4.78 is 5.78. The number of aliphatic carboxylic acids is 1. The smallest absolute Gasteiger partial charge is 0.306 e. The van der Waals surface area contributed by atoms with Crippen molar-refractivity contribution in [3.63, 3.8) is 0 Å². The number of ether oxygens (including phenoxy) is 1. The van der Waals surface area contributed by atoms with E-state index in [4.69, 9.17) is 9.84 Å². The van der Waals surface area contributed by atoms with Gasteiger partial charge in [-0.15, -0.1) is 0 Å². The van der Waals surface area contributed by atoms with Crippen LogP contribution in [0.5, 0.6) is 5.75 Å². The van der Waals surface area contributed by atoms with E-state index in [1.807, 2.05) is 18.2 Å². The number of carboxylic acids is 1. The lowest BCUT2D eigenvalue weighted by Crippen LogP contribution is -2.28. The van der Waals surface area contributed by atoms with Gasteiger partial charge in [0, 0.05) is 12.6 Å². The monoisotopic (exact) mass is 363 g/mol. The minimum Gasteiger partial charge on any atom is -0.492 e. The van der Waals surface area contributed by atoms with Crippen LogP contribution < -0.4 is 4.74 Å². The Morgan fingerprint density at radius 1 is 1.15 bits per heavy atom. The summed E-state index contributed by atoms with van der Waals surface area (Å²) in [5.41, 5.74) is 4.14. The maximum absolute atomic E-state index is 10.9. The highest BCUT2D eigenvalue weighted by Gasteiger charge is 2.35. The minimum absolute atomic E-state index is 0.170. The van der Waals surface area contributed by atoms with Crippen LogP contribution in [0.3, 0.4) is 0 Å². The van der Waals surface area contributed by atoms with E-state index in [-0.39, 0.29) is 5.92 Å². The number of pyridine rings is 1. The number of hydrogen-bond acceptors (Lipinski definition) is 4. The highest BCUT2D eigenvalue weighted by molar-refractivity contribution is 5.71. The first kappa shape index (κ1) is 17.3. The van der Waals surface area contributed by atoms with Crippen LogP contribution in [0.4, 0.5) is 0 Å². The molecule has 0 amide bonds. The Bertz CT molecular complexity index is 883. The zero-order chi connectivity index (χ0) is 18.6. The third-order valence-corrected chi connectivity index (χ3v) is 5.11. The predicted molar refractivity (Wildman–Crippen MR) is 101 cm³/mol. The van der Waals surface area contributed by atoms with Gasteiger partial charge in [-0.1, -0.05) is 24.3 Å². The van der Waals surface area contributed by atoms with Crippen molar-refractivity contribution in [2.45, 2.75) is 25.2 Å². The van der Waals surface area contributed by atoms with Crippen LogP contribution in [0.25, 0.3) is 11.4 Å². The largest absolute Gasteiger partial charge is 0.492 e. The number of H-pyrrole nitrogens is 1. The zero-order valence-electron chi connectivity index (χ0n) is 14.8. The van der Waals surface area contributed by atoms with Gasteiger partial charge in [0.05, 0.1) is 30.1 Å². The Hall–Kier alpha value is -3.15.